The van der Waals surface area contributed by atoms with Crippen molar-refractivity contribution in [2.75, 3.05) is 26.4 Å². The minimum absolute atomic E-state index is 0.116. The largest absolute Gasteiger partial charge is 0.490 e. The number of ether oxygens (including phenoxy) is 4. The Hall–Kier alpha value is -3.13. The molecule has 0 spiro atoms. The van der Waals surface area contributed by atoms with Crippen molar-refractivity contribution in [3.63, 3.8) is 0 Å². The van der Waals surface area contributed by atoms with Crippen LogP contribution >= 0.6 is 0 Å². The maximum atomic E-state index is 15.0. The molecule has 0 aromatic heterocycles. The highest BCUT2D eigenvalue weighted by Crippen LogP contribution is 2.33. The topological polar surface area (TPSA) is 36.9 Å². The number of unbranched alkanes of at least 4 members (excludes halogenated alkanes) is 1. The molecule has 0 atom stereocenters. The van der Waals surface area contributed by atoms with Gasteiger partial charge in [0.05, 0.1) is 19.8 Å². The van der Waals surface area contributed by atoms with E-state index in [-0.39, 0.29) is 24.0 Å². The van der Waals surface area contributed by atoms with Crippen LogP contribution in [0.25, 0.3) is 22.3 Å². The molecule has 1 heterocycles. The number of halogens is 3. The first-order valence-electron chi connectivity index (χ1n) is 12.5. The van der Waals surface area contributed by atoms with E-state index in [9.17, 15) is 13.2 Å². The van der Waals surface area contributed by atoms with Gasteiger partial charge in [-0.05, 0) is 47.7 Å². The maximum Gasteiger partial charge on any atom is 0.201 e. The van der Waals surface area contributed by atoms with Crippen LogP contribution in [0, 0.1) is 17.5 Å². The van der Waals surface area contributed by atoms with E-state index in [0.29, 0.717) is 42.9 Å². The standard InChI is InChI=1S/C30H31F3O4/c1-3-5-15-34-23-18-36-30(37-19-23)25-12-11-22(17-26(25)31)20-7-9-21(10-8-20)24-13-14-27(29(33)28(24)32)35-16-6-4-2/h4,7-14,17,23,30H,2-3,5-6,15-16,18-19H2,1H3. The van der Waals surface area contributed by atoms with Crippen molar-refractivity contribution in [2.45, 2.75) is 38.6 Å². The molecule has 1 aliphatic heterocycles. The van der Waals surface area contributed by atoms with Crippen LogP contribution in [-0.4, -0.2) is 32.5 Å². The predicted octanol–water partition coefficient (Wildman–Crippen LogP) is 7.62. The van der Waals surface area contributed by atoms with Gasteiger partial charge in [0, 0.05) is 17.7 Å². The van der Waals surface area contributed by atoms with Gasteiger partial charge in [-0.2, -0.15) is 4.39 Å². The summed E-state index contributed by atoms with van der Waals surface area (Å²) < 4.78 is 66.5. The lowest BCUT2D eigenvalue weighted by molar-refractivity contribution is -0.231. The van der Waals surface area contributed by atoms with Gasteiger partial charge in [-0.25, -0.2) is 8.78 Å². The Morgan fingerprint density at radius 3 is 2.27 bits per heavy atom. The Morgan fingerprint density at radius 2 is 1.59 bits per heavy atom. The van der Waals surface area contributed by atoms with Crippen LogP contribution in [0.1, 0.15) is 38.0 Å². The van der Waals surface area contributed by atoms with Crippen LogP contribution in [-0.2, 0) is 14.2 Å². The Bertz CT molecular complexity index is 1190. The van der Waals surface area contributed by atoms with Gasteiger partial charge in [-0.1, -0.05) is 55.8 Å². The van der Waals surface area contributed by atoms with E-state index in [0.717, 1.165) is 18.4 Å². The van der Waals surface area contributed by atoms with E-state index < -0.39 is 23.7 Å². The van der Waals surface area contributed by atoms with Gasteiger partial charge in [0.15, 0.2) is 17.9 Å². The fraction of sp³-hybridized carbons (Fsp3) is 0.333. The third-order valence-corrected chi connectivity index (χ3v) is 6.13. The van der Waals surface area contributed by atoms with Crippen molar-refractivity contribution in [2.24, 2.45) is 0 Å². The van der Waals surface area contributed by atoms with E-state index in [1.165, 1.54) is 18.2 Å². The molecule has 4 rings (SSSR count). The van der Waals surface area contributed by atoms with E-state index in [4.69, 9.17) is 18.9 Å². The number of benzene rings is 3. The van der Waals surface area contributed by atoms with Crippen LogP contribution in [0.2, 0.25) is 0 Å². The van der Waals surface area contributed by atoms with E-state index >= 15 is 0 Å². The smallest absolute Gasteiger partial charge is 0.201 e. The molecule has 196 valence electrons. The molecule has 0 radical (unpaired) electrons. The lowest BCUT2D eigenvalue weighted by Gasteiger charge is -2.29. The van der Waals surface area contributed by atoms with Crippen molar-refractivity contribution in [3.05, 3.63) is 90.3 Å². The van der Waals surface area contributed by atoms with Crippen LogP contribution in [0.3, 0.4) is 0 Å². The van der Waals surface area contributed by atoms with Gasteiger partial charge in [0.2, 0.25) is 5.82 Å². The van der Waals surface area contributed by atoms with Gasteiger partial charge >= 0.3 is 0 Å². The molecule has 3 aromatic carbocycles. The van der Waals surface area contributed by atoms with E-state index in [2.05, 4.69) is 13.5 Å². The van der Waals surface area contributed by atoms with E-state index in [1.54, 1.807) is 42.5 Å². The van der Waals surface area contributed by atoms with Gasteiger partial charge in [0.1, 0.15) is 11.9 Å². The van der Waals surface area contributed by atoms with E-state index in [1.807, 2.05) is 0 Å². The number of hydrogen-bond acceptors (Lipinski definition) is 4. The van der Waals surface area contributed by atoms with Crippen LogP contribution in [0.5, 0.6) is 5.75 Å². The molecule has 0 aliphatic carbocycles. The highest BCUT2D eigenvalue weighted by atomic mass is 19.2. The van der Waals surface area contributed by atoms with Crippen molar-refractivity contribution < 1.29 is 32.1 Å². The molecule has 4 nitrogen and oxygen atoms in total. The van der Waals surface area contributed by atoms with Gasteiger partial charge in [-0.3, -0.25) is 0 Å². The van der Waals surface area contributed by atoms with Crippen molar-refractivity contribution in [1.29, 1.82) is 0 Å². The van der Waals surface area contributed by atoms with Gasteiger partial charge in [-0.15, -0.1) is 6.58 Å². The van der Waals surface area contributed by atoms with Crippen molar-refractivity contribution in [1.82, 2.24) is 0 Å². The summed E-state index contributed by atoms with van der Waals surface area (Å²) in [5.74, 6) is -2.60. The highest BCUT2D eigenvalue weighted by Gasteiger charge is 2.26. The van der Waals surface area contributed by atoms with Crippen molar-refractivity contribution in [3.8, 4) is 28.0 Å². The summed E-state index contributed by atoms with van der Waals surface area (Å²) in [6, 6.07) is 14.5. The first kappa shape index (κ1) is 26.9. The fourth-order valence-electron chi connectivity index (χ4n) is 4.01. The zero-order valence-electron chi connectivity index (χ0n) is 20.9. The van der Waals surface area contributed by atoms with Gasteiger partial charge < -0.3 is 18.9 Å². The summed E-state index contributed by atoms with van der Waals surface area (Å²) in [6.45, 7) is 7.22. The predicted molar refractivity (Wildman–Crippen MR) is 137 cm³/mol. The maximum absolute atomic E-state index is 15.0. The zero-order chi connectivity index (χ0) is 26.2. The molecule has 1 aliphatic rings. The molecule has 1 saturated heterocycles. The average molecular weight is 513 g/mol. The summed E-state index contributed by atoms with van der Waals surface area (Å²) in [7, 11) is 0. The number of rotatable bonds is 11. The molecule has 3 aromatic rings. The summed E-state index contributed by atoms with van der Waals surface area (Å²) in [5, 5.41) is 0. The van der Waals surface area contributed by atoms with Crippen LogP contribution < -0.4 is 4.74 Å². The Kier molecular flexibility index (Phi) is 9.39. The molecule has 0 unspecified atom stereocenters. The third-order valence-electron chi connectivity index (χ3n) is 6.13. The van der Waals surface area contributed by atoms with Gasteiger partial charge in [0.25, 0.3) is 0 Å². The summed E-state index contributed by atoms with van der Waals surface area (Å²) >= 11 is 0. The molecular formula is C30H31F3O4. The molecule has 37 heavy (non-hydrogen) atoms. The fourth-order valence-corrected chi connectivity index (χ4v) is 4.01. The molecule has 0 N–H and O–H groups in total. The lowest BCUT2D eigenvalue weighted by atomic mass is 9.98. The molecule has 1 fully saturated rings. The summed E-state index contributed by atoms with van der Waals surface area (Å²) in [6.07, 6.45) is 3.25. The molecular weight excluding hydrogens is 481 g/mol. The average Bonchev–Trinajstić information content (AvgIpc) is 2.92. The van der Waals surface area contributed by atoms with Crippen LogP contribution in [0.4, 0.5) is 13.2 Å². The van der Waals surface area contributed by atoms with Crippen LogP contribution in [0.15, 0.2) is 67.3 Å². The Morgan fingerprint density at radius 1 is 0.892 bits per heavy atom. The normalized spacial score (nSPS) is 17.5. The second kappa shape index (κ2) is 12.9. The summed E-state index contributed by atoms with van der Waals surface area (Å²) in [5.41, 5.74) is 2.30. The first-order valence-corrected chi connectivity index (χ1v) is 12.5. The number of hydrogen-bond donors (Lipinski definition) is 0. The Balaban J connectivity index is 1.43. The highest BCUT2D eigenvalue weighted by molar-refractivity contribution is 5.71. The lowest BCUT2D eigenvalue weighted by Crippen LogP contribution is -2.34. The Labute approximate surface area is 215 Å². The molecule has 0 saturated carbocycles. The third kappa shape index (κ3) is 6.60. The molecule has 0 bridgehead atoms. The minimum Gasteiger partial charge on any atom is -0.490 e. The monoisotopic (exact) mass is 512 g/mol. The molecule has 0 amide bonds. The zero-order valence-corrected chi connectivity index (χ0v) is 20.9. The minimum atomic E-state index is -1.03. The molecule has 7 heteroatoms. The quantitative estimate of drug-likeness (QED) is 0.196. The second-order valence-electron chi connectivity index (χ2n) is 8.82. The summed E-state index contributed by atoms with van der Waals surface area (Å²) in [4.78, 5) is 0. The SMILES string of the molecule is C=CCCOc1ccc(-c2ccc(-c3ccc(C4OCC(OCCCC)CO4)c(F)c3)cc2)c(F)c1F. The van der Waals surface area contributed by atoms with Crippen molar-refractivity contribution >= 4 is 0 Å². The first-order chi connectivity index (χ1) is 18.0. The second-order valence-corrected chi connectivity index (χ2v) is 8.82.